The molecule has 0 aliphatic carbocycles. The highest BCUT2D eigenvalue weighted by Gasteiger charge is 2.41. The van der Waals surface area contributed by atoms with E-state index in [1.54, 1.807) is 0 Å². The van der Waals surface area contributed by atoms with Crippen LogP contribution >= 0.6 is 0 Å². The lowest BCUT2D eigenvalue weighted by molar-refractivity contribution is 0.0962. The smallest absolute Gasteiger partial charge is 0.0991 e. The fourth-order valence-electron chi connectivity index (χ4n) is 4.01. The summed E-state index contributed by atoms with van der Waals surface area (Å²) in [6, 6.07) is 10.4. The lowest BCUT2D eigenvalue weighted by Gasteiger charge is -2.24. The van der Waals surface area contributed by atoms with E-state index in [0.717, 1.165) is 17.8 Å². The number of aromatic nitrogens is 2. The van der Waals surface area contributed by atoms with Gasteiger partial charge in [0.15, 0.2) is 0 Å². The second kappa shape index (κ2) is 6.04. The lowest BCUT2D eigenvalue weighted by atomic mass is 9.94. The highest BCUT2D eigenvalue weighted by atomic mass is 16.5. The van der Waals surface area contributed by atoms with E-state index in [1.165, 1.54) is 18.4 Å². The number of rotatable bonds is 4. The van der Waals surface area contributed by atoms with Crippen LogP contribution in [0.2, 0.25) is 0 Å². The van der Waals surface area contributed by atoms with E-state index >= 15 is 0 Å². The zero-order valence-electron chi connectivity index (χ0n) is 14.1. The molecule has 0 spiro atoms. The number of nitrogens with one attached hydrogen (secondary N) is 1. The Morgan fingerprint density at radius 3 is 2.75 bits per heavy atom. The molecule has 2 aromatic rings. The van der Waals surface area contributed by atoms with Crippen LogP contribution in [0.3, 0.4) is 0 Å². The van der Waals surface area contributed by atoms with Gasteiger partial charge in [-0.15, -0.1) is 0 Å². The molecule has 2 aliphatic heterocycles. The van der Waals surface area contributed by atoms with Gasteiger partial charge >= 0.3 is 0 Å². The van der Waals surface area contributed by atoms with E-state index in [9.17, 15) is 0 Å². The molecule has 0 unspecified atom stereocenters. The van der Waals surface area contributed by atoms with Crippen LogP contribution in [0.4, 0.5) is 0 Å². The summed E-state index contributed by atoms with van der Waals surface area (Å²) in [5.41, 5.74) is 3.98. The molecule has 4 rings (SSSR count). The SMILES string of the molecule is Cc1c([C@@H](C)N[C@@H]2C[C@H]3CC[C@H]2O3)cnn1-c1ccc(C#N)cc1. The van der Waals surface area contributed by atoms with Crippen LogP contribution in [0.5, 0.6) is 0 Å². The summed E-state index contributed by atoms with van der Waals surface area (Å²) in [6.45, 7) is 4.29. The van der Waals surface area contributed by atoms with Gasteiger partial charge in [0.25, 0.3) is 0 Å². The summed E-state index contributed by atoms with van der Waals surface area (Å²) in [6.07, 6.45) is 6.30. The van der Waals surface area contributed by atoms with Crippen molar-refractivity contribution in [1.29, 1.82) is 5.26 Å². The van der Waals surface area contributed by atoms with E-state index in [0.29, 0.717) is 23.8 Å². The average molecular weight is 322 g/mol. The first-order chi connectivity index (χ1) is 11.7. The van der Waals surface area contributed by atoms with Crippen molar-refractivity contribution >= 4 is 0 Å². The van der Waals surface area contributed by atoms with E-state index in [4.69, 9.17) is 10.00 Å². The molecule has 1 aromatic carbocycles. The molecule has 3 heterocycles. The van der Waals surface area contributed by atoms with Crippen molar-refractivity contribution in [3.63, 3.8) is 0 Å². The van der Waals surface area contributed by atoms with Gasteiger partial charge in [-0.1, -0.05) is 0 Å². The Morgan fingerprint density at radius 2 is 2.12 bits per heavy atom. The minimum Gasteiger partial charge on any atom is -0.373 e. The van der Waals surface area contributed by atoms with Crippen LogP contribution < -0.4 is 5.32 Å². The topological polar surface area (TPSA) is 62.9 Å². The molecule has 1 N–H and O–H groups in total. The van der Waals surface area contributed by atoms with Crippen LogP contribution in [0.1, 0.15) is 49.0 Å². The summed E-state index contributed by atoms with van der Waals surface area (Å²) in [5, 5.41) is 17.2. The number of fused-ring (bicyclic) bond motifs is 2. The Bertz CT molecular complexity index is 774. The molecule has 1 aromatic heterocycles. The van der Waals surface area contributed by atoms with E-state index in [1.807, 2.05) is 35.1 Å². The van der Waals surface area contributed by atoms with Gasteiger partial charge in [0.2, 0.25) is 0 Å². The number of hydrogen-bond donors (Lipinski definition) is 1. The van der Waals surface area contributed by atoms with Crippen molar-refractivity contribution in [1.82, 2.24) is 15.1 Å². The molecule has 124 valence electrons. The summed E-state index contributed by atoms with van der Waals surface area (Å²) in [4.78, 5) is 0. The first kappa shape index (κ1) is 15.4. The predicted molar refractivity (Wildman–Crippen MR) is 90.9 cm³/mol. The van der Waals surface area contributed by atoms with Gasteiger partial charge in [-0.2, -0.15) is 10.4 Å². The first-order valence-electron chi connectivity index (χ1n) is 8.62. The molecule has 2 fully saturated rings. The molecule has 0 radical (unpaired) electrons. The van der Waals surface area contributed by atoms with Crippen LogP contribution in [0.15, 0.2) is 30.5 Å². The molecular formula is C19H22N4O. The molecule has 5 heteroatoms. The van der Waals surface area contributed by atoms with Crippen molar-refractivity contribution in [2.75, 3.05) is 0 Å². The minimum atomic E-state index is 0.241. The quantitative estimate of drug-likeness (QED) is 0.940. The maximum absolute atomic E-state index is 8.92. The Morgan fingerprint density at radius 1 is 1.33 bits per heavy atom. The van der Waals surface area contributed by atoms with Gasteiger partial charge < -0.3 is 10.1 Å². The number of nitrogens with zero attached hydrogens (tertiary/aromatic N) is 3. The first-order valence-corrected chi connectivity index (χ1v) is 8.62. The van der Waals surface area contributed by atoms with E-state index in [2.05, 4.69) is 30.3 Å². The standard InChI is InChI=1S/C19H22N4O/c1-12(22-18-9-16-7-8-19(18)24-16)17-11-21-23(13(17)2)15-5-3-14(10-20)4-6-15/h3-6,11-12,16,18-19,22H,7-9H2,1-2H3/t12-,16-,18-,19-/m1/s1. The third-order valence-corrected chi connectivity index (χ3v) is 5.33. The number of ether oxygens (including phenoxy) is 1. The highest BCUT2D eigenvalue weighted by molar-refractivity contribution is 5.41. The van der Waals surface area contributed by atoms with Crippen molar-refractivity contribution in [2.45, 2.75) is 57.4 Å². The van der Waals surface area contributed by atoms with E-state index < -0.39 is 0 Å². The largest absolute Gasteiger partial charge is 0.373 e. The predicted octanol–water partition coefficient (Wildman–Crippen LogP) is 3.02. The third-order valence-electron chi connectivity index (χ3n) is 5.33. The van der Waals surface area contributed by atoms with Crippen LogP contribution in [-0.4, -0.2) is 28.0 Å². The summed E-state index contributed by atoms with van der Waals surface area (Å²) in [7, 11) is 0. The fraction of sp³-hybridized carbons (Fsp3) is 0.474. The second-order valence-electron chi connectivity index (χ2n) is 6.86. The van der Waals surface area contributed by atoms with Gasteiger partial charge in [-0.25, -0.2) is 4.68 Å². The van der Waals surface area contributed by atoms with Crippen molar-refractivity contribution < 1.29 is 4.74 Å². The van der Waals surface area contributed by atoms with Gasteiger partial charge in [0, 0.05) is 23.3 Å². The highest BCUT2D eigenvalue weighted by Crippen LogP contribution is 2.35. The van der Waals surface area contributed by atoms with Crippen molar-refractivity contribution in [3.8, 4) is 11.8 Å². The molecule has 24 heavy (non-hydrogen) atoms. The van der Waals surface area contributed by atoms with Crippen LogP contribution in [-0.2, 0) is 4.74 Å². The van der Waals surface area contributed by atoms with Gasteiger partial charge in [-0.05, 0) is 57.4 Å². The molecule has 5 nitrogen and oxygen atoms in total. The summed E-state index contributed by atoms with van der Waals surface area (Å²) in [5.74, 6) is 0. The van der Waals surface area contributed by atoms with Crippen LogP contribution in [0, 0.1) is 18.3 Å². The van der Waals surface area contributed by atoms with Crippen molar-refractivity contribution in [2.24, 2.45) is 0 Å². The molecule has 2 aliphatic rings. The molecule has 0 amide bonds. The average Bonchev–Trinajstić information content (AvgIpc) is 3.30. The maximum Gasteiger partial charge on any atom is 0.0991 e. The Kier molecular flexibility index (Phi) is 3.87. The Hall–Kier alpha value is -2.16. The number of nitriles is 1. The number of benzene rings is 1. The van der Waals surface area contributed by atoms with Gasteiger partial charge in [0.05, 0.1) is 35.7 Å². The Balaban J connectivity index is 1.52. The molecular weight excluding hydrogens is 300 g/mol. The summed E-state index contributed by atoms with van der Waals surface area (Å²) >= 11 is 0. The van der Waals surface area contributed by atoms with Crippen molar-refractivity contribution in [3.05, 3.63) is 47.3 Å². The monoisotopic (exact) mass is 322 g/mol. The van der Waals surface area contributed by atoms with Gasteiger partial charge in [0.1, 0.15) is 0 Å². The lowest BCUT2D eigenvalue weighted by Crippen LogP contribution is -2.39. The Labute approximate surface area is 142 Å². The normalized spacial score (nSPS) is 26.5. The van der Waals surface area contributed by atoms with Gasteiger partial charge in [-0.3, -0.25) is 0 Å². The zero-order chi connectivity index (χ0) is 16.7. The number of hydrogen-bond acceptors (Lipinski definition) is 4. The maximum atomic E-state index is 8.92. The molecule has 2 saturated heterocycles. The molecule has 2 bridgehead atoms. The fourth-order valence-corrected chi connectivity index (χ4v) is 4.01. The summed E-state index contributed by atoms with van der Waals surface area (Å²) < 4.78 is 7.88. The second-order valence-corrected chi connectivity index (χ2v) is 6.86. The van der Waals surface area contributed by atoms with Crippen LogP contribution in [0.25, 0.3) is 5.69 Å². The van der Waals surface area contributed by atoms with E-state index in [-0.39, 0.29) is 6.04 Å². The molecule has 0 saturated carbocycles. The third kappa shape index (κ3) is 2.62. The minimum absolute atomic E-state index is 0.241. The molecule has 4 atom stereocenters. The zero-order valence-corrected chi connectivity index (χ0v) is 14.1.